The van der Waals surface area contributed by atoms with Crippen molar-refractivity contribution < 1.29 is 14.4 Å². The molecule has 0 saturated heterocycles. The van der Waals surface area contributed by atoms with E-state index < -0.39 is 0 Å². The summed E-state index contributed by atoms with van der Waals surface area (Å²) < 4.78 is 0. The van der Waals surface area contributed by atoms with Gasteiger partial charge in [0.2, 0.25) is 0 Å². The van der Waals surface area contributed by atoms with Crippen molar-refractivity contribution in [3.8, 4) is 6.07 Å². The minimum absolute atomic E-state index is 0.0295. The van der Waals surface area contributed by atoms with Gasteiger partial charge in [-0.25, -0.2) is 0 Å². The second kappa shape index (κ2) is 7.39. The first-order chi connectivity index (χ1) is 16.2. The van der Waals surface area contributed by atoms with Gasteiger partial charge in [-0.3, -0.25) is 14.4 Å². The Morgan fingerprint density at radius 2 is 1.63 bits per heavy atom. The molecule has 4 nitrogen and oxygen atoms in total. The first-order valence-electron chi connectivity index (χ1n) is 13.9. The molecular formula is C31H43NO3. The molecule has 35 heavy (non-hydrogen) atoms. The molecule has 5 aliphatic carbocycles. The maximum Gasteiger partial charge on any atom is 0.176 e. The number of fused-ring (bicyclic) bond motifs is 7. The van der Waals surface area contributed by atoms with Crippen molar-refractivity contribution in [2.45, 2.75) is 99.8 Å². The molecule has 0 spiro atoms. The highest BCUT2D eigenvalue weighted by Gasteiger charge is 2.71. The van der Waals surface area contributed by atoms with Crippen molar-refractivity contribution >= 4 is 17.3 Å². The summed E-state index contributed by atoms with van der Waals surface area (Å²) in [4.78, 5) is 40.4. The highest BCUT2D eigenvalue weighted by Crippen LogP contribution is 2.75. The summed E-state index contributed by atoms with van der Waals surface area (Å²) in [5.74, 6) is 0.741. The molecule has 4 heteroatoms. The van der Waals surface area contributed by atoms with Crippen LogP contribution in [0.15, 0.2) is 11.6 Å². The molecule has 2 unspecified atom stereocenters. The number of ketones is 3. The lowest BCUT2D eigenvalue weighted by Crippen LogP contribution is -2.68. The van der Waals surface area contributed by atoms with E-state index in [0.717, 1.165) is 44.9 Å². The molecule has 0 radical (unpaired) electrons. The van der Waals surface area contributed by atoms with E-state index in [1.807, 2.05) is 13.0 Å². The zero-order valence-corrected chi connectivity index (χ0v) is 22.8. The fraction of sp³-hybridized carbons (Fsp3) is 0.806. The van der Waals surface area contributed by atoms with E-state index in [1.54, 1.807) is 6.92 Å². The predicted octanol–water partition coefficient (Wildman–Crippen LogP) is 6.48. The van der Waals surface area contributed by atoms with Crippen LogP contribution < -0.4 is 0 Å². The number of nitriles is 1. The third-order valence-electron chi connectivity index (χ3n) is 12.8. The quantitative estimate of drug-likeness (QED) is 0.433. The van der Waals surface area contributed by atoms with Gasteiger partial charge in [0.1, 0.15) is 17.6 Å². The number of Topliss-reactive ketones (excluding diaryl/α,β-unsaturated/α-hetero) is 3. The number of hydrogen-bond acceptors (Lipinski definition) is 4. The molecule has 0 aromatic carbocycles. The van der Waals surface area contributed by atoms with Crippen LogP contribution in [0.2, 0.25) is 0 Å². The Morgan fingerprint density at radius 3 is 2.26 bits per heavy atom. The molecule has 0 bridgehead atoms. The van der Waals surface area contributed by atoms with E-state index in [0.29, 0.717) is 12.2 Å². The molecule has 0 aliphatic heterocycles. The van der Waals surface area contributed by atoms with Crippen LogP contribution in [0.5, 0.6) is 0 Å². The number of allylic oxidation sites excluding steroid dienone is 2. The van der Waals surface area contributed by atoms with E-state index in [2.05, 4.69) is 40.7 Å². The van der Waals surface area contributed by atoms with Crippen LogP contribution >= 0.6 is 0 Å². The number of carbonyl (C=O) groups is 3. The fourth-order valence-corrected chi connectivity index (χ4v) is 10.5. The van der Waals surface area contributed by atoms with E-state index in [-0.39, 0.29) is 73.8 Å². The van der Waals surface area contributed by atoms with Crippen LogP contribution in [-0.4, -0.2) is 17.3 Å². The summed E-state index contributed by atoms with van der Waals surface area (Å²) in [6, 6.07) is 2.18. The predicted molar refractivity (Wildman–Crippen MR) is 135 cm³/mol. The summed E-state index contributed by atoms with van der Waals surface area (Å²) in [7, 11) is 0. The average Bonchev–Trinajstić information content (AvgIpc) is 2.77. The van der Waals surface area contributed by atoms with E-state index in [1.165, 1.54) is 0 Å². The average molecular weight is 478 g/mol. The Balaban J connectivity index is 1.64. The van der Waals surface area contributed by atoms with Crippen LogP contribution in [0.4, 0.5) is 0 Å². The number of carbonyl (C=O) groups excluding carboxylic acids is 3. The van der Waals surface area contributed by atoms with Gasteiger partial charge in [0, 0.05) is 23.7 Å². The Bertz CT molecular complexity index is 1080. The van der Waals surface area contributed by atoms with Crippen molar-refractivity contribution in [2.24, 2.45) is 56.7 Å². The van der Waals surface area contributed by atoms with E-state index in [4.69, 9.17) is 0 Å². The SMILES string of the molecule is CC(=O)[C@]12CCC(C)(C)CC1C1C(=O)C[C@@H]3[C@@]4(C)C=C(C#N)C(=O)[C@@H](C)[C@@H]4CC[C@@]3(C)[C@]1(C)CC2. The number of nitrogens with zero attached hydrogens (tertiary/aromatic N) is 1. The van der Waals surface area contributed by atoms with Gasteiger partial charge in [0.15, 0.2) is 5.78 Å². The lowest BCUT2D eigenvalue weighted by molar-refractivity contribution is -0.217. The molecule has 5 aliphatic rings. The largest absolute Gasteiger partial charge is 0.299 e. The minimum atomic E-state index is -0.348. The summed E-state index contributed by atoms with van der Waals surface area (Å²) in [5.41, 5.74) is -0.502. The summed E-state index contributed by atoms with van der Waals surface area (Å²) >= 11 is 0. The van der Waals surface area contributed by atoms with Gasteiger partial charge >= 0.3 is 0 Å². The maximum absolute atomic E-state index is 14.3. The second-order valence-electron chi connectivity index (χ2n) is 14.6. The molecular weight excluding hydrogens is 434 g/mol. The normalized spacial score (nSPS) is 50.6. The Labute approximate surface area is 211 Å². The van der Waals surface area contributed by atoms with Gasteiger partial charge in [-0.05, 0) is 91.3 Å². The highest BCUT2D eigenvalue weighted by atomic mass is 16.1. The van der Waals surface area contributed by atoms with Crippen molar-refractivity contribution in [1.29, 1.82) is 5.26 Å². The minimum Gasteiger partial charge on any atom is -0.299 e. The number of rotatable bonds is 1. The van der Waals surface area contributed by atoms with Crippen molar-refractivity contribution in [1.82, 2.24) is 0 Å². The van der Waals surface area contributed by atoms with Crippen LogP contribution in [0.25, 0.3) is 0 Å². The molecule has 0 amide bonds. The molecule has 0 aromatic heterocycles. The third-order valence-corrected chi connectivity index (χ3v) is 12.8. The lowest BCUT2D eigenvalue weighted by Gasteiger charge is -2.71. The number of hydrogen-bond donors (Lipinski definition) is 0. The smallest absolute Gasteiger partial charge is 0.176 e. The van der Waals surface area contributed by atoms with Crippen LogP contribution in [0.3, 0.4) is 0 Å². The van der Waals surface area contributed by atoms with Crippen molar-refractivity contribution in [2.75, 3.05) is 0 Å². The van der Waals surface area contributed by atoms with Crippen LogP contribution in [-0.2, 0) is 14.4 Å². The van der Waals surface area contributed by atoms with Gasteiger partial charge in [-0.2, -0.15) is 5.26 Å². The molecule has 4 saturated carbocycles. The molecule has 9 atom stereocenters. The summed E-state index contributed by atoms with van der Waals surface area (Å²) in [6.07, 6.45) is 9.14. The standard InChI is InChI=1S/C31H43NO3/c1-18-21-8-9-29(6)24(28(21,5)15-20(17-32)26(18)35)14-23(34)25-22-16-27(3,4)10-12-31(22,19(2)33)13-11-30(25,29)7/h15,18,21-22,24-25H,8-14,16H2,1-7H3/t18-,21-,22?,24+,25?,28-,29+,30+,31+/m0/s1. The van der Waals surface area contributed by atoms with Crippen molar-refractivity contribution in [3.05, 3.63) is 11.6 Å². The van der Waals surface area contributed by atoms with E-state index >= 15 is 0 Å². The van der Waals surface area contributed by atoms with Gasteiger partial charge in [-0.15, -0.1) is 0 Å². The third kappa shape index (κ3) is 2.99. The zero-order chi connectivity index (χ0) is 25.8. The van der Waals surface area contributed by atoms with Crippen LogP contribution in [0.1, 0.15) is 99.8 Å². The zero-order valence-electron chi connectivity index (χ0n) is 22.8. The van der Waals surface area contributed by atoms with Crippen LogP contribution in [0, 0.1) is 68.0 Å². The van der Waals surface area contributed by atoms with Gasteiger partial charge in [-0.1, -0.05) is 47.6 Å². The fourth-order valence-electron chi connectivity index (χ4n) is 10.5. The Morgan fingerprint density at radius 1 is 0.971 bits per heavy atom. The van der Waals surface area contributed by atoms with Crippen molar-refractivity contribution in [3.63, 3.8) is 0 Å². The maximum atomic E-state index is 14.3. The van der Waals surface area contributed by atoms with Gasteiger partial charge in [0.25, 0.3) is 0 Å². The first kappa shape index (κ1) is 24.9. The van der Waals surface area contributed by atoms with E-state index in [9.17, 15) is 19.6 Å². The molecule has 0 aromatic rings. The molecule has 4 fully saturated rings. The molecule has 190 valence electrons. The highest BCUT2D eigenvalue weighted by molar-refractivity contribution is 6.02. The topological polar surface area (TPSA) is 75.0 Å². The summed E-state index contributed by atoms with van der Waals surface area (Å²) in [5, 5.41) is 9.76. The Kier molecular flexibility index (Phi) is 5.26. The lowest BCUT2D eigenvalue weighted by atomic mass is 9.32. The second-order valence-corrected chi connectivity index (χ2v) is 14.6. The van der Waals surface area contributed by atoms with Gasteiger partial charge < -0.3 is 0 Å². The molecule has 0 heterocycles. The Hall–Kier alpha value is -1.76. The first-order valence-corrected chi connectivity index (χ1v) is 13.9. The molecule has 5 rings (SSSR count). The molecule has 0 N–H and O–H groups in total. The van der Waals surface area contributed by atoms with Gasteiger partial charge in [0.05, 0.1) is 5.57 Å². The monoisotopic (exact) mass is 477 g/mol. The summed E-state index contributed by atoms with van der Waals surface area (Å²) in [6.45, 7) is 15.4.